The van der Waals surface area contributed by atoms with Crippen LogP contribution in [-0.4, -0.2) is 4.57 Å². The van der Waals surface area contributed by atoms with Gasteiger partial charge in [0, 0.05) is 16.5 Å². The second-order valence-electron chi connectivity index (χ2n) is 17.1. The number of hydrogen-bond donors (Lipinski definition) is 0. The summed E-state index contributed by atoms with van der Waals surface area (Å²) < 4.78 is 2.48. The normalized spacial score (nSPS) is 12.8. The number of aromatic nitrogens is 1. The van der Waals surface area contributed by atoms with E-state index in [0.717, 1.165) is 5.69 Å². The van der Waals surface area contributed by atoms with Gasteiger partial charge in [0.15, 0.2) is 0 Å². The van der Waals surface area contributed by atoms with Crippen molar-refractivity contribution >= 4 is 43.4 Å². The fraction of sp³-hybridized carbons (Fsp3) is 0.0159. The Morgan fingerprint density at radius 2 is 0.734 bits per heavy atom. The van der Waals surface area contributed by atoms with Gasteiger partial charge in [0.1, 0.15) is 0 Å². The largest absolute Gasteiger partial charge is 0.309 e. The van der Waals surface area contributed by atoms with Crippen LogP contribution >= 0.6 is 0 Å². The van der Waals surface area contributed by atoms with Gasteiger partial charge in [0.2, 0.25) is 0 Å². The molecule has 0 aliphatic heterocycles. The first-order valence-electron chi connectivity index (χ1n) is 22.3. The highest BCUT2D eigenvalue weighted by Gasteiger charge is 2.46. The molecule has 1 nitrogen and oxygen atoms in total. The average molecular weight is 812 g/mol. The van der Waals surface area contributed by atoms with E-state index < -0.39 is 5.41 Å². The van der Waals surface area contributed by atoms with Crippen molar-refractivity contribution in [2.24, 2.45) is 0 Å². The maximum atomic E-state index is 2.48. The summed E-state index contributed by atoms with van der Waals surface area (Å²) in [6.07, 6.45) is 0. The molecule has 64 heavy (non-hydrogen) atoms. The topological polar surface area (TPSA) is 4.93 Å². The van der Waals surface area contributed by atoms with Gasteiger partial charge < -0.3 is 4.57 Å². The average Bonchev–Trinajstić information content (AvgIpc) is 3.86. The molecule has 0 saturated heterocycles. The first kappa shape index (κ1) is 36.4. The van der Waals surface area contributed by atoms with Crippen molar-refractivity contribution in [2.75, 3.05) is 0 Å². The van der Waals surface area contributed by atoms with Crippen LogP contribution in [0.15, 0.2) is 249 Å². The Morgan fingerprint density at radius 3 is 1.39 bits per heavy atom. The summed E-state index contributed by atoms with van der Waals surface area (Å²) in [5.41, 5.74) is 18.2. The second-order valence-corrected chi connectivity index (χ2v) is 17.1. The van der Waals surface area contributed by atoms with Gasteiger partial charge in [-0.1, -0.05) is 212 Å². The standard InChI is InChI=1S/C63H41N/c1-5-19-42(20-6-1)61-52-29-13-14-30-53(52)62(43-21-7-2-8-22-43)56-40-44(33-36-54(56)61)45-34-38-60-55(39-45)51-28-16-18-32-59(51)64(60)48-35-37-50-49-27-15-17-31-57(49)63(58(50)41-48,46-23-9-3-10-24-46)47-25-11-4-12-26-47/h1-41H. The van der Waals surface area contributed by atoms with Crippen molar-refractivity contribution < 1.29 is 0 Å². The number of hydrogen-bond acceptors (Lipinski definition) is 0. The Hall–Kier alpha value is -8.26. The highest BCUT2D eigenvalue weighted by molar-refractivity contribution is 6.22. The molecular formula is C63H41N. The van der Waals surface area contributed by atoms with Gasteiger partial charge in [-0.05, 0) is 125 Å². The van der Waals surface area contributed by atoms with E-state index in [4.69, 9.17) is 0 Å². The summed E-state index contributed by atoms with van der Waals surface area (Å²) in [5, 5.41) is 7.51. The number of rotatable bonds is 6. The minimum atomic E-state index is -0.475. The van der Waals surface area contributed by atoms with E-state index in [1.807, 2.05) is 0 Å². The van der Waals surface area contributed by atoms with Gasteiger partial charge in [0.05, 0.1) is 16.4 Å². The van der Waals surface area contributed by atoms with Crippen molar-refractivity contribution in [1.82, 2.24) is 4.57 Å². The van der Waals surface area contributed by atoms with Gasteiger partial charge in [0.25, 0.3) is 0 Å². The summed E-state index contributed by atoms with van der Waals surface area (Å²) in [5.74, 6) is 0. The summed E-state index contributed by atoms with van der Waals surface area (Å²) in [6, 6.07) is 92.1. The van der Waals surface area contributed by atoms with Crippen molar-refractivity contribution in [3.63, 3.8) is 0 Å². The second kappa shape index (κ2) is 14.4. The molecule has 1 heteroatoms. The molecule has 0 fully saturated rings. The zero-order chi connectivity index (χ0) is 42.2. The van der Waals surface area contributed by atoms with Crippen LogP contribution < -0.4 is 0 Å². The summed E-state index contributed by atoms with van der Waals surface area (Å²) >= 11 is 0. The zero-order valence-electron chi connectivity index (χ0n) is 35.1. The zero-order valence-corrected chi connectivity index (χ0v) is 35.1. The van der Waals surface area contributed by atoms with Gasteiger partial charge in [-0.25, -0.2) is 0 Å². The third-order valence-corrected chi connectivity index (χ3v) is 13.9. The van der Waals surface area contributed by atoms with E-state index in [9.17, 15) is 0 Å². The molecule has 0 radical (unpaired) electrons. The molecule has 0 saturated carbocycles. The first-order chi connectivity index (χ1) is 31.8. The van der Waals surface area contributed by atoms with Crippen molar-refractivity contribution in [3.05, 3.63) is 271 Å². The van der Waals surface area contributed by atoms with E-state index >= 15 is 0 Å². The molecular weight excluding hydrogens is 771 g/mol. The SMILES string of the molecule is c1ccc(-c2c3ccccc3c(-c3ccccc3)c3cc(-c4ccc5c(c4)c4ccccc4n5-c4ccc5c(c4)C(c4ccccc4)(c4ccccc4)c4ccccc4-5)ccc23)cc1. The molecule has 0 atom stereocenters. The van der Waals surface area contributed by atoms with Crippen LogP contribution in [0.25, 0.3) is 93.5 Å². The van der Waals surface area contributed by atoms with Crippen LogP contribution in [-0.2, 0) is 5.41 Å². The molecule has 12 aromatic rings. The maximum absolute atomic E-state index is 2.48. The maximum Gasteiger partial charge on any atom is 0.0714 e. The van der Waals surface area contributed by atoms with E-state index in [2.05, 4.69) is 253 Å². The first-order valence-corrected chi connectivity index (χ1v) is 22.3. The van der Waals surface area contributed by atoms with Crippen molar-refractivity contribution in [3.8, 4) is 50.2 Å². The van der Waals surface area contributed by atoms with E-state index in [1.54, 1.807) is 0 Å². The van der Waals surface area contributed by atoms with Crippen LogP contribution in [0.3, 0.4) is 0 Å². The molecule has 13 rings (SSSR count). The molecule has 1 heterocycles. The molecule has 1 aromatic heterocycles. The number of para-hydroxylation sites is 1. The fourth-order valence-electron chi connectivity index (χ4n) is 11.2. The Morgan fingerprint density at radius 1 is 0.266 bits per heavy atom. The lowest BCUT2D eigenvalue weighted by molar-refractivity contribution is 0.767. The Kier molecular flexibility index (Phi) is 8.20. The molecule has 298 valence electrons. The van der Waals surface area contributed by atoms with Gasteiger partial charge >= 0.3 is 0 Å². The molecule has 1 aliphatic rings. The summed E-state index contributed by atoms with van der Waals surface area (Å²) in [6.45, 7) is 0. The predicted molar refractivity (Wildman–Crippen MR) is 269 cm³/mol. The lowest BCUT2D eigenvalue weighted by Gasteiger charge is -2.34. The Bertz CT molecular complexity index is 3710. The van der Waals surface area contributed by atoms with Crippen LogP contribution in [0.1, 0.15) is 22.3 Å². The minimum absolute atomic E-state index is 0.475. The number of nitrogens with zero attached hydrogens (tertiary/aromatic N) is 1. The van der Waals surface area contributed by atoms with Crippen molar-refractivity contribution in [1.29, 1.82) is 0 Å². The number of benzene rings is 11. The predicted octanol–water partition coefficient (Wildman–Crippen LogP) is 16.5. The summed E-state index contributed by atoms with van der Waals surface area (Å²) in [4.78, 5) is 0. The number of fused-ring (bicyclic) bond motifs is 8. The van der Waals surface area contributed by atoms with Crippen LogP contribution in [0.4, 0.5) is 0 Å². The van der Waals surface area contributed by atoms with E-state index in [-0.39, 0.29) is 0 Å². The quantitative estimate of drug-likeness (QED) is 0.147. The molecule has 0 unspecified atom stereocenters. The molecule has 11 aromatic carbocycles. The van der Waals surface area contributed by atoms with Gasteiger partial charge in [-0.15, -0.1) is 0 Å². The Labute approximate surface area is 372 Å². The minimum Gasteiger partial charge on any atom is -0.309 e. The van der Waals surface area contributed by atoms with Crippen LogP contribution in [0, 0.1) is 0 Å². The highest BCUT2D eigenvalue weighted by Crippen LogP contribution is 2.56. The lowest BCUT2D eigenvalue weighted by Crippen LogP contribution is -2.28. The monoisotopic (exact) mass is 811 g/mol. The van der Waals surface area contributed by atoms with Gasteiger partial charge in [-0.2, -0.15) is 0 Å². The lowest BCUT2D eigenvalue weighted by atomic mass is 9.67. The molecule has 0 bridgehead atoms. The van der Waals surface area contributed by atoms with Crippen molar-refractivity contribution in [2.45, 2.75) is 5.41 Å². The molecule has 0 amide bonds. The van der Waals surface area contributed by atoms with Crippen LogP contribution in [0.2, 0.25) is 0 Å². The Balaban J connectivity index is 1.03. The highest BCUT2D eigenvalue weighted by atomic mass is 15.0. The fourth-order valence-corrected chi connectivity index (χ4v) is 11.2. The third-order valence-electron chi connectivity index (χ3n) is 13.9. The molecule has 1 aliphatic carbocycles. The molecule has 0 spiro atoms. The van der Waals surface area contributed by atoms with Gasteiger partial charge in [-0.3, -0.25) is 0 Å². The van der Waals surface area contributed by atoms with E-state index in [0.29, 0.717) is 0 Å². The van der Waals surface area contributed by atoms with E-state index in [1.165, 1.54) is 110 Å². The summed E-state index contributed by atoms with van der Waals surface area (Å²) in [7, 11) is 0. The smallest absolute Gasteiger partial charge is 0.0714 e. The third kappa shape index (κ3) is 5.31. The molecule has 0 N–H and O–H groups in total. The van der Waals surface area contributed by atoms with Crippen LogP contribution in [0.5, 0.6) is 0 Å².